The molecule has 0 aliphatic carbocycles. The molecule has 0 saturated carbocycles. The molecule has 5 heteroatoms. The van der Waals surface area contributed by atoms with Crippen molar-refractivity contribution in [3.05, 3.63) is 212 Å². The van der Waals surface area contributed by atoms with Gasteiger partial charge < -0.3 is 0 Å². The first-order valence-corrected chi connectivity index (χ1v) is 19.3. The van der Waals surface area contributed by atoms with Gasteiger partial charge >= 0.3 is 0 Å². The van der Waals surface area contributed by atoms with Crippen molar-refractivity contribution in [1.29, 1.82) is 0 Å². The fourth-order valence-electron chi connectivity index (χ4n) is 7.51. The van der Waals surface area contributed by atoms with E-state index < -0.39 is 0 Å². The Hall–Kier alpha value is -7.89. The first kappa shape index (κ1) is 34.6. The predicted octanol–water partition coefficient (Wildman–Crippen LogP) is 13.2. The van der Waals surface area contributed by atoms with Crippen LogP contribution in [0.1, 0.15) is 0 Å². The Labute approximate surface area is 337 Å². The molecule has 0 unspecified atom stereocenters. The van der Waals surface area contributed by atoms with Crippen LogP contribution in [0.2, 0.25) is 0 Å². The van der Waals surface area contributed by atoms with E-state index >= 15 is 0 Å². The Bertz CT molecular complexity index is 2950. The SMILES string of the molecule is c1ccc(-c2nc(-c3ccccc3)nc(-c3ccc(-c4cccc(-c5ccccc5)c4-c4ccc(-c5nc(-c6ccccc6)c6ccccc6n5)cc4)cc3)n2)cc1. The number of aromatic nitrogens is 5. The lowest BCUT2D eigenvalue weighted by molar-refractivity contribution is 1.07. The van der Waals surface area contributed by atoms with Crippen molar-refractivity contribution < 1.29 is 0 Å². The second-order valence-electron chi connectivity index (χ2n) is 14.1. The number of hydrogen-bond acceptors (Lipinski definition) is 5. The lowest BCUT2D eigenvalue weighted by Crippen LogP contribution is -2.00. The zero-order valence-electron chi connectivity index (χ0n) is 31.4. The van der Waals surface area contributed by atoms with E-state index in [1.54, 1.807) is 0 Å². The van der Waals surface area contributed by atoms with Gasteiger partial charge in [0.25, 0.3) is 0 Å². The van der Waals surface area contributed by atoms with Crippen molar-refractivity contribution >= 4 is 10.9 Å². The van der Waals surface area contributed by atoms with E-state index in [1.165, 1.54) is 0 Å². The third-order valence-corrected chi connectivity index (χ3v) is 10.4. The lowest BCUT2D eigenvalue weighted by Gasteiger charge is -2.17. The summed E-state index contributed by atoms with van der Waals surface area (Å²) in [6.07, 6.45) is 0. The van der Waals surface area contributed by atoms with Gasteiger partial charge in [0, 0.05) is 33.2 Å². The van der Waals surface area contributed by atoms with E-state index in [-0.39, 0.29) is 0 Å². The molecular weight excluding hydrogens is 707 g/mol. The lowest BCUT2D eigenvalue weighted by atomic mass is 9.87. The number of nitrogens with zero attached hydrogens (tertiary/aromatic N) is 5. The Morgan fingerprint density at radius 1 is 0.224 bits per heavy atom. The molecule has 0 fully saturated rings. The molecule has 8 aromatic carbocycles. The molecule has 0 spiro atoms. The number of hydrogen-bond donors (Lipinski definition) is 0. The van der Waals surface area contributed by atoms with Gasteiger partial charge in [-0.1, -0.05) is 206 Å². The van der Waals surface area contributed by atoms with Crippen molar-refractivity contribution in [2.45, 2.75) is 0 Å². The van der Waals surface area contributed by atoms with E-state index in [1.807, 2.05) is 91.0 Å². The van der Waals surface area contributed by atoms with Crippen molar-refractivity contribution in [1.82, 2.24) is 24.9 Å². The van der Waals surface area contributed by atoms with Crippen LogP contribution in [0.3, 0.4) is 0 Å². The van der Waals surface area contributed by atoms with E-state index in [4.69, 9.17) is 24.9 Å². The summed E-state index contributed by atoms with van der Waals surface area (Å²) in [6, 6.07) is 73.0. The van der Waals surface area contributed by atoms with Crippen molar-refractivity contribution in [3.63, 3.8) is 0 Å². The van der Waals surface area contributed by atoms with Gasteiger partial charge in [-0.2, -0.15) is 0 Å². The minimum Gasteiger partial charge on any atom is -0.228 e. The van der Waals surface area contributed by atoms with Gasteiger partial charge in [-0.25, -0.2) is 24.9 Å². The molecule has 0 aliphatic heterocycles. The maximum absolute atomic E-state index is 5.13. The standard InChI is InChI=1S/C53H35N5/c1-5-16-36(17-6-1)44-25-15-26-45(37-28-32-43(33-29-37)53-57-51(40-20-9-3-10-21-40)56-52(58-53)41-22-11-4-12-23-41)48(44)38-30-34-42(35-31-38)50-54-47-27-14-13-24-46(47)49(55-50)39-18-7-2-8-19-39/h1-35H. The van der Waals surface area contributed by atoms with Crippen molar-refractivity contribution in [2.75, 3.05) is 0 Å². The van der Waals surface area contributed by atoms with E-state index in [9.17, 15) is 0 Å². The fraction of sp³-hybridized carbons (Fsp3) is 0. The largest absolute Gasteiger partial charge is 0.228 e. The van der Waals surface area contributed by atoms with Gasteiger partial charge in [0.2, 0.25) is 0 Å². The van der Waals surface area contributed by atoms with Gasteiger partial charge in [-0.3, -0.25) is 0 Å². The smallest absolute Gasteiger partial charge is 0.164 e. The first-order chi connectivity index (χ1) is 28.7. The molecule has 5 nitrogen and oxygen atoms in total. The zero-order chi connectivity index (χ0) is 38.7. The maximum Gasteiger partial charge on any atom is 0.164 e. The molecule has 0 bridgehead atoms. The molecule has 10 aromatic rings. The average Bonchev–Trinajstić information content (AvgIpc) is 3.32. The zero-order valence-corrected chi connectivity index (χ0v) is 31.4. The van der Waals surface area contributed by atoms with Gasteiger partial charge in [0.05, 0.1) is 11.2 Å². The molecular formula is C53H35N5. The summed E-state index contributed by atoms with van der Waals surface area (Å²) >= 11 is 0. The highest BCUT2D eigenvalue weighted by Gasteiger charge is 2.17. The molecule has 0 radical (unpaired) electrons. The normalized spacial score (nSPS) is 11.1. The first-order valence-electron chi connectivity index (χ1n) is 19.3. The van der Waals surface area contributed by atoms with Gasteiger partial charge in [-0.05, 0) is 39.4 Å². The topological polar surface area (TPSA) is 64.5 Å². The van der Waals surface area contributed by atoms with Crippen LogP contribution in [-0.4, -0.2) is 24.9 Å². The molecule has 0 saturated heterocycles. The summed E-state index contributed by atoms with van der Waals surface area (Å²) in [5.41, 5.74) is 13.4. The quantitative estimate of drug-likeness (QED) is 0.155. The van der Waals surface area contributed by atoms with E-state index in [0.717, 1.165) is 77.8 Å². The maximum atomic E-state index is 5.13. The second kappa shape index (κ2) is 15.3. The number of para-hydroxylation sites is 1. The molecule has 0 amide bonds. The monoisotopic (exact) mass is 741 g/mol. The Morgan fingerprint density at radius 3 is 1.10 bits per heavy atom. The van der Waals surface area contributed by atoms with Crippen LogP contribution in [0.15, 0.2) is 212 Å². The van der Waals surface area contributed by atoms with E-state index in [2.05, 4.69) is 121 Å². The van der Waals surface area contributed by atoms with Gasteiger partial charge in [0.1, 0.15) is 0 Å². The van der Waals surface area contributed by atoms with Crippen LogP contribution in [0.4, 0.5) is 0 Å². The summed E-state index contributed by atoms with van der Waals surface area (Å²) in [5, 5.41) is 1.03. The van der Waals surface area contributed by atoms with Crippen LogP contribution >= 0.6 is 0 Å². The van der Waals surface area contributed by atoms with Crippen LogP contribution < -0.4 is 0 Å². The van der Waals surface area contributed by atoms with Crippen LogP contribution in [-0.2, 0) is 0 Å². The third-order valence-electron chi connectivity index (χ3n) is 10.4. The number of fused-ring (bicyclic) bond motifs is 1. The minimum atomic E-state index is 0.624. The second-order valence-corrected chi connectivity index (χ2v) is 14.1. The Morgan fingerprint density at radius 2 is 0.586 bits per heavy atom. The Kier molecular flexibility index (Phi) is 9.14. The molecule has 272 valence electrons. The fourth-order valence-corrected chi connectivity index (χ4v) is 7.51. The van der Waals surface area contributed by atoms with Gasteiger partial charge in [0.15, 0.2) is 23.3 Å². The highest BCUT2D eigenvalue weighted by molar-refractivity contribution is 5.96. The summed E-state index contributed by atoms with van der Waals surface area (Å²) in [6.45, 7) is 0. The minimum absolute atomic E-state index is 0.624. The summed E-state index contributed by atoms with van der Waals surface area (Å²) in [7, 11) is 0. The molecule has 2 heterocycles. The van der Waals surface area contributed by atoms with Crippen LogP contribution in [0, 0.1) is 0 Å². The summed E-state index contributed by atoms with van der Waals surface area (Å²) in [5.74, 6) is 2.60. The molecule has 10 rings (SSSR count). The van der Waals surface area contributed by atoms with E-state index in [0.29, 0.717) is 23.3 Å². The molecule has 2 aromatic heterocycles. The molecule has 0 atom stereocenters. The van der Waals surface area contributed by atoms with Crippen molar-refractivity contribution in [2.24, 2.45) is 0 Å². The molecule has 58 heavy (non-hydrogen) atoms. The summed E-state index contributed by atoms with van der Waals surface area (Å²) in [4.78, 5) is 24.9. The Balaban J connectivity index is 1.06. The number of rotatable bonds is 8. The number of benzene rings is 8. The van der Waals surface area contributed by atoms with Gasteiger partial charge in [-0.15, -0.1) is 0 Å². The molecule has 0 aliphatic rings. The highest BCUT2D eigenvalue weighted by Crippen LogP contribution is 2.41. The third kappa shape index (κ3) is 6.82. The molecule has 0 N–H and O–H groups in total. The highest BCUT2D eigenvalue weighted by atomic mass is 15.0. The predicted molar refractivity (Wildman–Crippen MR) is 236 cm³/mol. The van der Waals surface area contributed by atoms with Crippen LogP contribution in [0.25, 0.3) is 101 Å². The van der Waals surface area contributed by atoms with Crippen LogP contribution in [0.5, 0.6) is 0 Å². The average molecular weight is 742 g/mol. The van der Waals surface area contributed by atoms with Crippen molar-refractivity contribution in [3.8, 4) is 90.2 Å². The summed E-state index contributed by atoms with van der Waals surface area (Å²) < 4.78 is 0.